The van der Waals surface area contributed by atoms with Gasteiger partial charge in [0, 0.05) is 31.7 Å². The van der Waals surface area contributed by atoms with Crippen molar-refractivity contribution in [2.75, 3.05) is 31.1 Å². The molecule has 2 rings (SSSR count). The highest BCUT2D eigenvalue weighted by atomic mass is 16.6. The molecule has 0 spiro atoms. The van der Waals surface area contributed by atoms with Gasteiger partial charge < -0.3 is 19.3 Å². The monoisotopic (exact) mass is 322 g/mol. The first-order chi connectivity index (χ1) is 10.8. The molecule has 1 fully saturated rings. The van der Waals surface area contributed by atoms with E-state index in [2.05, 4.69) is 14.9 Å². The topological polar surface area (TPSA) is 67.8 Å². The number of piperazine rings is 1. The van der Waals surface area contributed by atoms with E-state index in [-0.39, 0.29) is 12.1 Å². The van der Waals surface area contributed by atoms with Gasteiger partial charge in [0.2, 0.25) is 5.88 Å². The Labute approximate surface area is 137 Å². The number of hydrogen-bond acceptors (Lipinski definition) is 6. The van der Waals surface area contributed by atoms with Crippen molar-refractivity contribution in [3.63, 3.8) is 0 Å². The van der Waals surface area contributed by atoms with Gasteiger partial charge in [0.25, 0.3) is 0 Å². The average Bonchev–Trinajstić information content (AvgIpc) is 2.46. The van der Waals surface area contributed by atoms with Crippen LogP contribution in [0.1, 0.15) is 34.6 Å². The third kappa shape index (κ3) is 4.71. The normalized spacial score (nSPS) is 18.7. The van der Waals surface area contributed by atoms with Gasteiger partial charge in [-0.05, 0) is 34.6 Å². The summed E-state index contributed by atoms with van der Waals surface area (Å²) in [5.74, 6) is 1.39. The molecule has 0 N–H and O–H groups in total. The molecule has 128 valence electrons. The smallest absolute Gasteiger partial charge is 0.410 e. The van der Waals surface area contributed by atoms with E-state index in [9.17, 15) is 4.79 Å². The lowest BCUT2D eigenvalue weighted by atomic mass is 10.2. The minimum absolute atomic E-state index is 0.0455. The summed E-state index contributed by atoms with van der Waals surface area (Å²) in [6, 6.07) is 1.88. The van der Waals surface area contributed by atoms with Gasteiger partial charge in [-0.15, -0.1) is 0 Å². The summed E-state index contributed by atoms with van der Waals surface area (Å²) in [5, 5.41) is 0. The molecule has 0 unspecified atom stereocenters. The van der Waals surface area contributed by atoms with Crippen molar-refractivity contribution in [3.8, 4) is 5.88 Å². The third-order valence-electron chi connectivity index (χ3n) is 3.50. The van der Waals surface area contributed by atoms with Gasteiger partial charge >= 0.3 is 6.09 Å². The molecule has 0 saturated carbocycles. The highest BCUT2D eigenvalue weighted by Gasteiger charge is 2.31. The lowest BCUT2D eigenvalue weighted by Crippen LogP contribution is -2.55. The molecule has 1 saturated heterocycles. The quantitative estimate of drug-likeness (QED) is 0.851. The Morgan fingerprint density at radius 1 is 1.35 bits per heavy atom. The van der Waals surface area contributed by atoms with Crippen molar-refractivity contribution < 1.29 is 14.3 Å². The highest BCUT2D eigenvalue weighted by molar-refractivity contribution is 5.69. The molecule has 0 aromatic carbocycles. The fourth-order valence-electron chi connectivity index (χ4n) is 2.49. The lowest BCUT2D eigenvalue weighted by molar-refractivity contribution is 0.0158. The summed E-state index contributed by atoms with van der Waals surface area (Å²) in [4.78, 5) is 24.5. The molecule has 1 aliphatic heterocycles. The third-order valence-corrected chi connectivity index (χ3v) is 3.50. The SMILES string of the molecule is CCOc1cc(N2CCN(C(=O)OC(C)(C)C)[C@H](C)C2)ncn1. The Bertz CT molecular complexity index is 544. The van der Waals surface area contributed by atoms with E-state index in [0.29, 0.717) is 32.1 Å². The Hall–Kier alpha value is -2.05. The van der Waals surface area contributed by atoms with Crippen molar-refractivity contribution in [1.29, 1.82) is 0 Å². The van der Waals surface area contributed by atoms with Gasteiger partial charge in [0.15, 0.2) is 0 Å². The molecule has 1 aliphatic rings. The maximum absolute atomic E-state index is 12.2. The minimum Gasteiger partial charge on any atom is -0.478 e. The predicted octanol–water partition coefficient (Wildman–Crippen LogP) is 2.32. The molecule has 1 aromatic heterocycles. The number of ether oxygens (including phenoxy) is 2. The van der Waals surface area contributed by atoms with Crippen LogP contribution in [0.5, 0.6) is 5.88 Å². The Balaban J connectivity index is 2.01. The fourth-order valence-corrected chi connectivity index (χ4v) is 2.49. The second-order valence-corrected chi connectivity index (χ2v) is 6.62. The van der Waals surface area contributed by atoms with Crippen LogP contribution in [0.15, 0.2) is 12.4 Å². The summed E-state index contributed by atoms with van der Waals surface area (Å²) >= 11 is 0. The minimum atomic E-state index is -0.479. The van der Waals surface area contributed by atoms with Crippen LogP contribution >= 0.6 is 0 Å². The van der Waals surface area contributed by atoms with Crippen LogP contribution in [0.3, 0.4) is 0 Å². The maximum atomic E-state index is 12.2. The zero-order chi connectivity index (χ0) is 17.0. The van der Waals surface area contributed by atoms with E-state index in [4.69, 9.17) is 9.47 Å². The first kappa shape index (κ1) is 17.3. The van der Waals surface area contributed by atoms with Crippen molar-refractivity contribution in [3.05, 3.63) is 12.4 Å². The van der Waals surface area contributed by atoms with Gasteiger partial charge in [-0.3, -0.25) is 0 Å². The number of nitrogens with zero attached hydrogens (tertiary/aromatic N) is 4. The summed E-state index contributed by atoms with van der Waals surface area (Å²) < 4.78 is 10.9. The molecular formula is C16H26N4O3. The molecule has 0 aliphatic carbocycles. The summed E-state index contributed by atoms with van der Waals surface area (Å²) in [6.07, 6.45) is 1.24. The van der Waals surface area contributed by atoms with Gasteiger partial charge in [-0.25, -0.2) is 14.8 Å². The zero-order valence-electron chi connectivity index (χ0n) is 14.6. The van der Waals surface area contributed by atoms with Crippen LogP contribution in [0.2, 0.25) is 0 Å². The number of aromatic nitrogens is 2. The van der Waals surface area contributed by atoms with E-state index in [1.54, 1.807) is 4.90 Å². The van der Waals surface area contributed by atoms with Gasteiger partial charge in [-0.1, -0.05) is 0 Å². The Kier molecular flexibility index (Phi) is 5.28. The summed E-state index contributed by atoms with van der Waals surface area (Å²) in [7, 11) is 0. The highest BCUT2D eigenvalue weighted by Crippen LogP contribution is 2.21. The second kappa shape index (κ2) is 7.02. The van der Waals surface area contributed by atoms with Crippen LogP contribution < -0.4 is 9.64 Å². The first-order valence-corrected chi connectivity index (χ1v) is 7.99. The molecule has 1 atom stereocenters. The van der Waals surface area contributed by atoms with E-state index in [0.717, 1.165) is 5.82 Å². The number of carbonyl (C=O) groups is 1. The maximum Gasteiger partial charge on any atom is 0.410 e. The Morgan fingerprint density at radius 2 is 2.09 bits per heavy atom. The summed E-state index contributed by atoms with van der Waals surface area (Å²) in [6.45, 7) is 12.1. The van der Waals surface area contributed by atoms with Crippen molar-refractivity contribution in [2.24, 2.45) is 0 Å². The van der Waals surface area contributed by atoms with Crippen molar-refractivity contribution in [2.45, 2.75) is 46.3 Å². The van der Waals surface area contributed by atoms with Crippen LogP contribution in [-0.4, -0.2) is 58.8 Å². The molecular weight excluding hydrogens is 296 g/mol. The molecule has 1 amide bonds. The zero-order valence-corrected chi connectivity index (χ0v) is 14.6. The van der Waals surface area contributed by atoms with E-state index < -0.39 is 5.60 Å². The first-order valence-electron chi connectivity index (χ1n) is 7.99. The number of hydrogen-bond donors (Lipinski definition) is 0. The van der Waals surface area contributed by atoms with Crippen LogP contribution in [-0.2, 0) is 4.74 Å². The van der Waals surface area contributed by atoms with Gasteiger partial charge in [0.05, 0.1) is 6.61 Å². The van der Waals surface area contributed by atoms with Gasteiger partial charge in [-0.2, -0.15) is 0 Å². The molecule has 0 bridgehead atoms. The number of anilines is 1. The number of rotatable bonds is 3. The van der Waals surface area contributed by atoms with Crippen LogP contribution in [0.4, 0.5) is 10.6 Å². The van der Waals surface area contributed by atoms with E-state index in [1.165, 1.54) is 6.33 Å². The van der Waals surface area contributed by atoms with Gasteiger partial charge in [0.1, 0.15) is 17.7 Å². The second-order valence-electron chi connectivity index (χ2n) is 6.62. The standard InChI is InChI=1S/C16H26N4O3/c1-6-22-14-9-13(17-11-18-14)19-7-8-20(12(2)10-19)15(21)23-16(3,4)5/h9,11-12H,6-8,10H2,1-5H3/t12-/m1/s1. The van der Waals surface area contributed by atoms with Crippen LogP contribution in [0.25, 0.3) is 0 Å². The van der Waals surface area contributed by atoms with Crippen molar-refractivity contribution >= 4 is 11.9 Å². The average molecular weight is 322 g/mol. The van der Waals surface area contributed by atoms with E-state index in [1.807, 2.05) is 40.7 Å². The fraction of sp³-hybridized carbons (Fsp3) is 0.688. The molecule has 0 radical (unpaired) electrons. The molecule has 1 aromatic rings. The largest absolute Gasteiger partial charge is 0.478 e. The molecule has 7 heteroatoms. The van der Waals surface area contributed by atoms with Crippen molar-refractivity contribution in [1.82, 2.24) is 14.9 Å². The molecule has 7 nitrogen and oxygen atoms in total. The van der Waals surface area contributed by atoms with E-state index >= 15 is 0 Å². The molecule has 2 heterocycles. The van der Waals surface area contributed by atoms with Crippen LogP contribution in [0, 0.1) is 0 Å². The lowest BCUT2D eigenvalue weighted by Gasteiger charge is -2.40. The number of amides is 1. The summed E-state index contributed by atoms with van der Waals surface area (Å²) in [5.41, 5.74) is -0.479. The predicted molar refractivity (Wildman–Crippen MR) is 87.8 cm³/mol. The number of carbonyl (C=O) groups excluding carboxylic acids is 1. The molecule has 23 heavy (non-hydrogen) atoms. The Morgan fingerprint density at radius 3 is 2.70 bits per heavy atom.